The molecule has 2 N–H and O–H groups in total. The molecular weight excluding hydrogens is 214 g/mol. The zero-order valence-electron chi connectivity index (χ0n) is 11.3. The highest BCUT2D eigenvalue weighted by atomic mass is 15.3. The number of nitrogens with two attached hydrogens (primary N) is 1. The summed E-state index contributed by atoms with van der Waals surface area (Å²) in [5.41, 5.74) is 7.61. The second kappa shape index (κ2) is 6.49. The molecule has 1 atom stereocenters. The lowest BCUT2D eigenvalue weighted by molar-refractivity contribution is 0.613. The van der Waals surface area contributed by atoms with E-state index >= 15 is 0 Å². The Balaban J connectivity index is 2.91. The molecule has 0 aliphatic heterocycles. The van der Waals surface area contributed by atoms with Crippen LogP contribution in [0.1, 0.15) is 38.6 Å². The third-order valence-electron chi connectivity index (χ3n) is 3.06. The maximum atomic E-state index is 5.56. The Kier molecular flexibility index (Phi) is 5.28. The van der Waals surface area contributed by atoms with Crippen molar-refractivity contribution in [2.75, 3.05) is 18.5 Å². The van der Waals surface area contributed by atoms with Crippen molar-refractivity contribution in [1.29, 1.82) is 0 Å². The van der Waals surface area contributed by atoms with Gasteiger partial charge in [0.05, 0.1) is 11.4 Å². The van der Waals surface area contributed by atoms with Gasteiger partial charge in [-0.15, -0.1) is 5.10 Å². The number of anilines is 1. The van der Waals surface area contributed by atoms with Gasteiger partial charge in [0.2, 0.25) is 5.95 Å². The van der Waals surface area contributed by atoms with Gasteiger partial charge in [0, 0.05) is 13.1 Å². The molecule has 0 fully saturated rings. The molecule has 1 rings (SSSR count). The second-order valence-corrected chi connectivity index (χ2v) is 4.25. The second-order valence-electron chi connectivity index (χ2n) is 4.25. The Morgan fingerprint density at radius 3 is 2.35 bits per heavy atom. The highest BCUT2D eigenvalue weighted by Gasteiger charge is 2.14. The highest BCUT2D eigenvalue weighted by Crippen LogP contribution is 2.13. The fraction of sp³-hybridized carbons (Fsp3) is 0.750. The van der Waals surface area contributed by atoms with Crippen molar-refractivity contribution in [3.05, 3.63) is 11.4 Å². The number of hydrogen-bond donors (Lipinski definition) is 1. The van der Waals surface area contributed by atoms with Gasteiger partial charge in [-0.3, -0.25) is 0 Å². The summed E-state index contributed by atoms with van der Waals surface area (Å²) in [5, 5.41) is 8.43. The predicted molar refractivity (Wildman–Crippen MR) is 70.1 cm³/mol. The van der Waals surface area contributed by atoms with Gasteiger partial charge in [-0.2, -0.15) is 5.10 Å². The Bertz CT molecular complexity index is 353. The van der Waals surface area contributed by atoms with Gasteiger partial charge in [0.25, 0.3) is 0 Å². The summed E-state index contributed by atoms with van der Waals surface area (Å²) >= 11 is 0. The van der Waals surface area contributed by atoms with E-state index in [0.717, 1.165) is 30.7 Å². The third-order valence-corrected chi connectivity index (χ3v) is 3.06. The van der Waals surface area contributed by atoms with E-state index in [1.807, 2.05) is 11.9 Å². The number of nitrogens with zero attached hydrogens (tertiary/aromatic N) is 4. The molecule has 1 aromatic heterocycles. The summed E-state index contributed by atoms with van der Waals surface area (Å²) in [6.45, 7) is 6.96. The Morgan fingerprint density at radius 1 is 1.18 bits per heavy atom. The predicted octanol–water partition coefficient (Wildman–Crippen LogP) is 1.17. The molecule has 0 aromatic carbocycles. The smallest absolute Gasteiger partial charge is 0.245 e. The zero-order chi connectivity index (χ0) is 12.8. The Morgan fingerprint density at radius 2 is 1.82 bits per heavy atom. The number of aromatic nitrogens is 3. The van der Waals surface area contributed by atoms with Gasteiger partial charge in [0.15, 0.2) is 0 Å². The number of rotatable bonds is 6. The lowest BCUT2D eigenvalue weighted by Crippen LogP contribution is -2.32. The molecule has 1 heterocycles. The van der Waals surface area contributed by atoms with E-state index in [0.29, 0.717) is 18.5 Å². The first kappa shape index (κ1) is 13.8. The van der Waals surface area contributed by atoms with Crippen LogP contribution in [-0.4, -0.2) is 34.8 Å². The SMILES string of the molecule is CCc1nnc(N(C)C(C)CCN)nc1CC. The zero-order valence-corrected chi connectivity index (χ0v) is 11.3. The van der Waals surface area contributed by atoms with Crippen molar-refractivity contribution < 1.29 is 0 Å². The number of hydrogen-bond acceptors (Lipinski definition) is 5. The van der Waals surface area contributed by atoms with Crippen molar-refractivity contribution in [2.45, 2.75) is 46.1 Å². The minimum absolute atomic E-state index is 0.332. The molecule has 0 aliphatic rings. The quantitative estimate of drug-likeness (QED) is 0.804. The molecule has 0 bridgehead atoms. The van der Waals surface area contributed by atoms with Gasteiger partial charge in [-0.05, 0) is 32.7 Å². The molecule has 0 saturated carbocycles. The van der Waals surface area contributed by atoms with Crippen LogP contribution in [0, 0.1) is 0 Å². The molecular formula is C12H23N5. The third kappa shape index (κ3) is 3.36. The van der Waals surface area contributed by atoms with E-state index in [2.05, 4.69) is 36.0 Å². The fourth-order valence-electron chi connectivity index (χ4n) is 1.71. The van der Waals surface area contributed by atoms with Crippen molar-refractivity contribution in [2.24, 2.45) is 5.73 Å². The van der Waals surface area contributed by atoms with Gasteiger partial charge in [-0.1, -0.05) is 13.8 Å². The average molecular weight is 237 g/mol. The topological polar surface area (TPSA) is 67.9 Å². The summed E-state index contributed by atoms with van der Waals surface area (Å²) in [5.74, 6) is 0.694. The fourth-order valence-corrected chi connectivity index (χ4v) is 1.71. The van der Waals surface area contributed by atoms with Crippen LogP contribution in [-0.2, 0) is 12.8 Å². The van der Waals surface area contributed by atoms with E-state index in [1.54, 1.807) is 0 Å². The molecule has 5 nitrogen and oxygen atoms in total. The van der Waals surface area contributed by atoms with Crippen LogP contribution in [0.2, 0.25) is 0 Å². The minimum atomic E-state index is 0.332. The van der Waals surface area contributed by atoms with Crippen molar-refractivity contribution in [3.8, 4) is 0 Å². The lowest BCUT2D eigenvalue weighted by atomic mass is 10.2. The standard InChI is InChI=1S/C12H23N5/c1-5-10-11(6-2)15-16-12(14-10)17(4)9(3)7-8-13/h9H,5-8,13H2,1-4H3. The van der Waals surface area contributed by atoms with Crippen LogP contribution in [0.15, 0.2) is 0 Å². The van der Waals surface area contributed by atoms with Gasteiger partial charge in [-0.25, -0.2) is 4.98 Å². The molecule has 1 aromatic rings. The summed E-state index contributed by atoms with van der Waals surface area (Å²) in [6.07, 6.45) is 2.70. The van der Waals surface area contributed by atoms with E-state index in [1.165, 1.54) is 0 Å². The Hall–Kier alpha value is -1.23. The van der Waals surface area contributed by atoms with Crippen molar-refractivity contribution >= 4 is 5.95 Å². The van der Waals surface area contributed by atoms with Crippen LogP contribution in [0.4, 0.5) is 5.95 Å². The molecule has 0 radical (unpaired) electrons. The largest absolute Gasteiger partial charge is 0.340 e. The van der Waals surface area contributed by atoms with Gasteiger partial charge in [0.1, 0.15) is 0 Å². The van der Waals surface area contributed by atoms with Crippen LogP contribution < -0.4 is 10.6 Å². The first-order valence-electron chi connectivity index (χ1n) is 6.29. The molecule has 5 heteroatoms. The molecule has 17 heavy (non-hydrogen) atoms. The lowest BCUT2D eigenvalue weighted by Gasteiger charge is -2.24. The monoisotopic (exact) mass is 237 g/mol. The molecule has 1 unspecified atom stereocenters. The first-order valence-corrected chi connectivity index (χ1v) is 6.29. The maximum absolute atomic E-state index is 5.56. The maximum Gasteiger partial charge on any atom is 0.245 e. The van der Waals surface area contributed by atoms with Crippen LogP contribution in [0.25, 0.3) is 0 Å². The highest BCUT2D eigenvalue weighted by molar-refractivity contribution is 5.30. The molecule has 0 aliphatic carbocycles. The number of aryl methyl sites for hydroxylation is 2. The Labute approximate surface area is 103 Å². The van der Waals surface area contributed by atoms with Gasteiger partial charge < -0.3 is 10.6 Å². The first-order chi connectivity index (χ1) is 8.13. The van der Waals surface area contributed by atoms with Crippen LogP contribution in [0.5, 0.6) is 0 Å². The summed E-state index contributed by atoms with van der Waals surface area (Å²) in [4.78, 5) is 6.62. The molecule has 0 amide bonds. The van der Waals surface area contributed by atoms with Crippen molar-refractivity contribution in [1.82, 2.24) is 15.2 Å². The van der Waals surface area contributed by atoms with E-state index < -0.39 is 0 Å². The molecule has 0 saturated heterocycles. The van der Waals surface area contributed by atoms with E-state index in [4.69, 9.17) is 5.73 Å². The minimum Gasteiger partial charge on any atom is -0.340 e. The van der Waals surface area contributed by atoms with E-state index in [-0.39, 0.29) is 0 Å². The molecule has 96 valence electrons. The summed E-state index contributed by atoms with van der Waals surface area (Å²) < 4.78 is 0. The van der Waals surface area contributed by atoms with Crippen molar-refractivity contribution in [3.63, 3.8) is 0 Å². The average Bonchev–Trinajstić information content (AvgIpc) is 2.37. The normalized spacial score (nSPS) is 12.5. The summed E-state index contributed by atoms with van der Waals surface area (Å²) in [7, 11) is 1.99. The summed E-state index contributed by atoms with van der Waals surface area (Å²) in [6, 6.07) is 0.332. The molecule has 0 spiro atoms. The van der Waals surface area contributed by atoms with E-state index in [9.17, 15) is 0 Å². The van der Waals surface area contributed by atoms with Crippen LogP contribution in [0.3, 0.4) is 0 Å². The van der Waals surface area contributed by atoms with Crippen LogP contribution >= 0.6 is 0 Å². The van der Waals surface area contributed by atoms with Gasteiger partial charge >= 0.3 is 0 Å².